The van der Waals surface area contributed by atoms with Crippen molar-refractivity contribution in [1.29, 1.82) is 0 Å². The summed E-state index contributed by atoms with van der Waals surface area (Å²) in [6.45, 7) is 0. The lowest BCUT2D eigenvalue weighted by atomic mass is 9.98. The molecule has 0 radical (unpaired) electrons. The van der Waals surface area contributed by atoms with Gasteiger partial charge in [-0.05, 0) is 29.3 Å². The Kier molecular flexibility index (Phi) is 3.69. The third-order valence-corrected chi connectivity index (χ3v) is 5.19. The lowest BCUT2D eigenvalue weighted by Crippen LogP contribution is -1.97. The Bertz CT molecular complexity index is 1210. The van der Waals surface area contributed by atoms with Gasteiger partial charge < -0.3 is 5.73 Å². The average molecular weight is 365 g/mol. The Morgan fingerprint density at radius 1 is 1.00 bits per heavy atom. The van der Waals surface area contributed by atoms with Crippen molar-refractivity contribution in [3.8, 4) is 22.3 Å². The van der Waals surface area contributed by atoms with E-state index in [0.29, 0.717) is 11.5 Å². The molecule has 0 spiro atoms. The molecule has 0 saturated carbocycles. The first-order chi connectivity index (χ1) is 12.4. The minimum atomic E-state index is -3.23. The number of rotatable bonds is 3. The third-order valence-electron chi connectivity index (χ3n) is 4.06. The summed E-state index contributed by atoms with van der Waals surface area (Å²) in [4.78, 5) is 8.87. The van der Waals surface area contributed by atoms with Gasteiger partial charge in [-0.3, -0.25) is 4.98 Å². The molecule has 0 aliphatic heterocycles. The molecule has 1 aromatic carbocycles. The number of aromatic nitrogens is 4. The van der Waals surface area contributed by atoms with Crippen molar-refractivity contribution in [1.82, 2.24) is 19.6 Å². The quantitative estimate of drug-likeness (QED) is 0.598. The number of pyridine rings is 1. The van der Waals surface area contributed by atoms with Gasteiger partial charge in [0.15, 0.2) is 15.5 Å². The second kappa shape index (κ2) is 5.92. The zero-order valence-electron chi connectivity index (χ0n) is 13.9. The molecule has 0 aliphatic rings. The fourth-order valence-corrected chi connectivity index (χ4v) is 3.42. The number of hydrogen-bond donors (Lipinski definition) is 1. The molecule has 0 aliphatic carbocycles. The van der Waals surface area contributed by atoms with Crippen molar-refractivity contribution in [3.63, 3.8) is 0 Å². The van der Waals surface area contributed by atoms with Gasteiger partial charge in [-0.15, -0.1) is 5.10 Å². The normalized spacial score (nSPS) is 11.7. The minimum absolute atomic E-state index is 0.284. The molecule has 4 aromatic rings. The third kappa shape index (κ3) is 2.91. The number of nitrogen functional groups attached to an aromatic ring is 1. The lowest BCUT2D eigenvalue weighted by Gasteiger charge is -2.10. The zero-order chi connectivity index (χ0) is 18.3. The summed E-state index contributed by atoms with van der Waals surface area (Å²) in [6.07, 6.45) is 8.21. The zero-order valence-corrected chi connectivity index (χ0v) is 14.7. The van der Waals surface area contributed by atoms with Crippen molar-refractivity contribution in [3.05, 3.63) is 61.2 Å². The number of anilines is 1. The molecule has 0 unspecified atom stereocenters. The van der Waals surface area contributed by atoms with Gasteiger partial charge in [0.05, 0.1) is 4.90 Å². The van der Waals surface area contributed by atoms with Crippen LogP contribution in [0.25, 0.3) is 27.9 Å². The molecule has 3 aromatic heterocycles. The fraction of sp³-hybridized carbons (Fsp3) is 0.0556. The molecule has 130 valence electrons. The van der Waals surface area contributed by atoms with Crippen LogP contribution in [0.15, 0.2) is 66.1 Å². The molecule has 0 saturated heterocycles. The maximum atomic E-state index is 11.7. The van der Waals surface area contributed by atoms with Gasteiger partial charge in [0.1, 0.15) is 5.82 Å². The van der Waals surface area contributed by atoms with E-state index in [-0.39, 0.29) is 4.90 Å². The second-order valence-electron chi connectivity index (χ2n) is 5.93. The van der Waals surface area contributed by atoms with Crippen LogP contribution in [0, 0.1) is 0 Å². The van der Waals surface area contributed by atoms with Crippen LogP contribution in [0.1, 0.15) is 0 Å². The Balaban J connectivity index is 1.83. The summed E-state index contributed by atoms with van der Waals surface area (Å²) in [7, 11) is -3.23. The van der Waals surface area contributed by atoms with E-state index >= 15 is 0 Å². The SMILES string of the molecule is CS(=O)(=O)c1ccc(-c2ccncc2-c2cnc3cc(N)nn3c2)cc1. The topological polar surface area (TPSA) is 103 Å². The first-order valence-electron chi connectivity index (χ1n) is 7.77. The van der Waals surface area contributed by atoms with E-state index in [1.54, 1.807) is 53.4 Å². The summed E-state index contributed by atoms with van der Waals surface area (Å²) in [5.74, 6) is 0.400. The van der Waals surface area contributed by atoms with Crippen LogP contribution in [-0.4, -0.2) is 34.3 Å². The van der Waals surface area contributed by atoms with E-state index in [1.165, 1.54) is 6.26 Å². The molecule has 3 heterocycles. The standard InChI is InChI=1S/C18H15N5O2S/c1-26(24,25)14-4-2-12(3-5-14)15-6-7-20-10-16(15)13-9-21-18-8-17(19)22-23(18)11-13/h2-11H,1H3,(H2,19,22). The number of benzene rings is 1. The lowest BCUT2D eigenvalue weighted by molar-refractivity contribution is 0.602. The largest absolute Gasteiger partial charge is 0.382 e. The van der Waals surface area contributed by atoms with Crippen molar-refractivity contribution >= 4 is 21.3 Å². The maximum Gasteiger partial charge on any atom is 0.175 e. The molecule has 0 fully saturated rings. The smallest absolute Gasteiger partial charge is 0.175 e. The van der Waals surface area contributed by atoms with Crippen LogP contribution < -0.4 is 5.73 Å². The number of nitrogens with two attached hydrogens (primary N) is 1. The van der Waals surface area contributed by atoms with E-state index in [1.807, 2.05) is 12.3 Å². The number of sulfone groups is 1. The van der Waals surface area contributed by atoms with Crippen LogP contribution in [0.3, 0.4) is 0 Å². The summed E-state index contributed by atoms with van der Waals surface area (Å²) < 4.78 is 24.9. The van der Waals surface area contributed by atoms with Crippen molar-refractivity contribution in [2.24, 2.45) is 0 Å². The van der Waals surface area contributed by atoms with Gasteiger partial charge in [-0.25, -0.2) is 17.9 Å². The highest BCUT2D eigenvalue weighted by atomic mass is 32.2. The van der Waals surface area contributed by atoms with Gasteiger partial charge >= 0.3 is 0 Å². The summed E-state index contributed by atoms with van der Waals surface area (Å²) in [6, 6.07) is 10.3. The minimum Gasteiger partial charge on any atom is -0.382 e. The highest BCUT2D eigenvalue weighted by Crippen LogP contribution is 2.31. The van der Waals surface area contributed by atoms with E-state index in [4.69, 9.17) is 5.73 Å². The first kappa shape index (κ1) is 16.2. The highest BCUT2D eigenvalue weighted by molar-refractivity contribution is 7.90. The van der Waals surface area contributed by atoms with E-state index in [0.717, 1.165) is 22.3 Å². The Morgan fingerprint density at radius 2 is 1.77 bits per heavy atom. The van der Waals surface area contributed by atoms with Gasteiger partial charge in [-0.2, -0.15) is 0 Å². The van der Waals surface area contributed by atoms with Gasteiger partial charge in [0.25, 0.3) is 0 Å². The van der Waals surface area contributed by atoms with Gasteiger partial charge in [-0.1, -0.05) is 12.1 Å². The van der Waals surface area contributed by atoms with Crippen LogP contribution in [0.2, 0.25) is 0 Å². The van der Waals surface area contributed by atoms with Crippen molar-refractivity contribution in [2.75, 3.05) is 12.0 Å². The van der Waals surface area contributed by atoms with Crippen molar-refractivity contribution < 1.29 is 8.42 Å². The molecule has 26 heavy (non-hydrogen) atoms. The molecule has 0 atom stereocenters. The number of hydrogen-bond acceptors (Lipinski definition) is 6. The van der Waals surface area contributed by atoms with Gasteiger partial charge in [0, 0.05) is 48.2 Å². The highest BCUT2D eigenvalue weighted by Gasteiger charge is 2.12. The molecule has 2 N–H and O–H groups in total. The van der Waals surface area contributed by atoms with E-state index in [9.17, 15) is 8.42 Å². The second-order valence-corrected chi connectivity index (χ2v) is 7.95. The average Bonchev–Trinajstić information content (AvgIpc) is 3.00. The summed E-state index contributed by atoms with van der Waals surface area (Å²) in [5, 5.41) is 4.19. The van der Waals surface area contributed by atoms with Crippen molar-refractivity contribution in [2.45, 2.75) is 4.90 Å². The Morgan fingerprint density at radius 3 is 2.50 bits per heavy atom. The Hall–Kier alpha value is -3.26. The Labute approximate surface area is 150 Å². The molecule has 8 heteroatoms. The van der Waals surface area contributed by atoms with E-state index < -0.39 is 9.84 Å². The van der Waals surface area contributed by atoms with Crippen LogP contribution in [0.5, 0.6) is 0 Å². The molecule has 7 nitrogen and oxygen atoms in total. The molecule has 0 amide bonds. The monoisotopic (exact) mass is 365 g/mol. The molecular weight excluding hydrogens is 350 g/mol. The predicted molar refractivity (Wildman–Crippen MR) is 99.2 cm³/mol. The number of fused-ring (bicyclic) bond motifs is 1. The van der Waals surface area contributed by atoms with Crippen LogP contribution in [-0.2, 0) is 9.84 Å². The number of nitrogens with zero attached hydrogens (tertiary/aromatic N) is 4. The summed E-state index contributed by atoms with van der Waals surface area (Å²) in [5.41, 5.74) is 9.87. The summed E-state index contributed by atoms with van der Waals surface area (Å²) >= 11 is 0. The maximum absolute atomic E-state index is 11.7. The van der Waals surface area contributed by atoms with E-state index in [2.05, 4.69) is 15.1 Å². The molecular formula is C18H15N5O2S. The van der Waals surface area contributed by atoms with Gasteiger partial charge in [0.2, 0.25) is 0 Å². The predicted octanol–water partition coefficient (Wildman–Crippen LogP) is 2.44. The fourth-order valence-electron chi connectivity index (χ4n) is 2.79. The molecule has 4 rings (SSSR count). The first-order valence-corrected chi connectivity index (χ1v) is 9.67. The van der Waals surface area contributed by atoms with Crippen LogP contribution in [0.4, 0.5) is 5.82 Å². The molecule has 0 bridgehead atoms. The van der Waals surface area contributed by atoms with Crippen LogP contribution >= 0.6 is 0 Å².